The van der Waals surface area contributed by atoms with Gasteiger partial charge in [-0.1, -0.05) is 48.5 Å². The molecule has 1 heterocycles. The smallest absolute Gasteiger partial charge is 0.312 e. The van der Waals surface area contributed by atoms with Crippen molar-refractivity contribution in [3.05, 3.63) is 66.9 Å². The largest absolute Gasteiger partial charge is 1.00 e. The molecule has 1 aromatic heterocycles. The van der Waals surface area contributed by atoms with Crippen LogP contribution in [0.5, 0.6) is 0 Å². The highest BCUT2D eigenvalue weighted by Gasteiger charge is 2.21. The van der Waals surface area contributed by atoms with Crippen molar-refractivity contribution in [2.24, 2.45) is 7.05 Å². The van der Waals surface area contributed by atoms with Gasteiger partial charge in [-0.3, -0.25) is 5.84 Å². The number of hydrogen-bond donors (Lipinski definition) is 1. The second-order valence-electron chi connectivity index (χ2n) is 4.55. The molecule has 0 aliphatic carbocycles. The molecule has 0 saturated carbocycles. The van der Waals surface area contributed by atoms with E-state index in [-0.39, 0.29) is 24.0 Å². The standard InChI is InChI=1S/C16H16N3.HI/c1-18-12-15(13-8-4-2-5-9-13)19(17)16(18)14-10-6-3-7-11-14;/h2-12H,17H2,1H3;1H/q+1;/p-1. The van der Waals surface area contributed by atoms with E-state index in [4.69, 9.17) is 5.84 Å². The van der Waals surface area contributed by atoms with Crippen molar-refractivity contribution in [2.45, 2.75) is 0 Å². The molecule has 0 fully saturated rings. The molecule has 3 rings (SSSR count). The van der Waals surface area contributed by atoms with Gasteiger partial charge in [0.25, 0.3) is 0 Å². The summed E-state index contributed by atoms with van der Waals surface area (Å²) in [5, 5.41) is 0. The van der Waals surface area contributed by atoms with Crippen LogP contribution in [0.1, 0.15) is 0 Å². The van der Waals surface area contributed by atoms with Gasteiger partial charge in [-0.2, -0.15) is 0 Å². The van der Waals surface area contributed by atoms with E-state index in [0.717, 1.165) is 22.6 Å². The van der Waals surface area contributed by atoms with E-state index in [9.17, 15) is 0 Å². The molecular formula is C16H16IN3. The molecule has 0 aliphatic rings. The molecule has 0 saturated heterocycles. The first-order valence-electron chi connectivity index (χ1n) is 6.24. The van der Waals surface area contributed by atoms with E-state index in [1.54, 1.807) is 4.68 Å². The maximum absolute atomic E-state index is 6.26. The van der Waals surface area contributed by atoms with Crippen LogP contribution >= 0.6 is 0 Å². The van der Waals surface area contributed by atoms with Gasteiger partial charge in [0.15, 0.2) is 5.69 Å². The molecule has 0 atom stereocenters. The Morgan fingerprint density at radius 1 is 0.850 bits per heavy atom. The number of rotatable bonds is 2. The van der Waals surface area contributed by atoms with Crippen molar-refractivity contribution >= 4 is 0 Å². The SMILES string of the molecule is C[n+]1cc(-c2ccccc2)n(N)c1-c1ccccc1.[I-]. The first-order chi connectivity index (χ1) is 9.27. The molecule has 2 N–H and O–H groups in total. The monoisotopic (exact) mass is 377 g/mol. The van der Waals surface area contributed by atoms with Gasteiger partial charge in [-0.25, -0.2) is 4.57 Å². The summed E-state index contributed by atoms with van der Waals surface area (Å²) in [5.41, 5.74) is 3.22. The lowest BCUT2D eigenvalue weighted by Gasteiger charge is -1.99. The number of imidazole rings is 1. The predicted octanol–water partition coefficient (Wildman–Crippen LogP) is -0.636. The van der Waals surface area contributed by atoms with Crippen LogP contribution in [0.15, 0.2) is 66.9 Å². The van der Waals surface area contributed by atoms with E-state index in [1.165, 1.54) is 0 Å². The molecule has 0 spiro atoms. The number of halogens is 1. The fourth-order valence-electron chi connectivity index (χ4n) is 2.34. The third kappa shape index (κ3) is 2.56. The lowest BCUT2D eigenvalue weighted by molar-refractivity contribution is -0.659. The van der Waals surface area contributed by atoms with E-state index in [0.29, 0.717) is 0 Å². The molecule has 20 heavy (non-hydrogen) atoms. The van der Waals surface area contributed by atoms with Crippen LogP contribution in [0.3, 0.4) is 0 Å². The first kappa shape index (κ1) is 14.6. The Bertz CT molecular complexity index is 691. The first-order valence-corrected chi connectivity index (χ1v) is 6.24. The van der Waals surface area contributed by atoms with Gasteiger partial charge in [-0.15, -0.1) is 4.68 Å². The van der Waals surface area contributed by atoms with E-state index >= 15 is 0 Å². The number of nitrogens with two attached hydrogens (primary N) is 1. The topological polar surface area (TPSA) is 34.8 Å². The van der Waals surface area contributed by atoms with Gasteiger partial charge < -0.3 is 24.0 Å². The zero-order chi connectivity index (χ0) is 13.2. The number of benzene rings is 2. The molecule has 0 bridgehead atoms. The van der Waals surface area contributed by atoms with Crippen LogP contribution < -0.4 is 34.4 Å². The number of hydrogen-bond acceptors (Lipinski definition) is 1. The average Bonchev–Trinajstić information content (AvgIpc) is 2.76. The van der Waals surface area contributed by atoms with Gasteiger partial charge in [0.1, 0.15) is 6.20 Å². The summed E-state index contributed by atoms with van der Waals surface area (Å²) in [6.07, 6.45) is 2.05. The quantitative estimate of drug-likeness (QED) is 0.360. The van der Waals surface area contributed by atoms with Crippen LogP contribution in [0.25, 0.3) is 22.6 Å². The second kappa shape index (κ2) is 6.09. The maximum Gasteiger partial charge on any atom is 0.312 e. The molecule has 2 aromatic carbocycles. The molecular weight excluding hydrogens is 361 g/mol. The van der Waals surface area contributed by atoms with E-state index < -0.39 is 0 Å². The highest BCUT2D eigenvalue weighted by atomic mass is 127. The molecule has 0 radical (unpaired) electrons. The van der Waals surface area contributed by atoms with Crippen LogP contribution in [-0.2, 0) is 7.05 Å². The summed E-state index contributed by atoms with van der Waals surface area (Å²) in [4.78, 5) is 0. The number of aryl methyl sites for hydroxylation is 1. The second-order valence-corrected chi connectivity index (χ2v) is 4.55. The minimum absolute atomic E-state index is 0. The summed E-state index contributed by atoms with van der Waals surface area (Å²) in [7, 11) is 2.01. The number of nitrogen functional groups attached to an aromatic ring is 1. The van der Waals surface area contributed by atoms with Crippen LogP contribution in [0, 0.1) is 0 Å². The van der Waals surface area contributed by atoms with Crippen molar-refractivity contribution in [3.8, 4) is 22.6 Å². The summed E-state index contributed by atoms with van der Waals surface area (Å²) >= 11 is 0. The van der Waals surface area contributed by atoms with Crippen molar-refractivity contribution in [3.63, 3.8) is 0 Å². The fourth-order valence-corrected chi connectivity index (χ4v) is 2.34. The lowest BCUT2D eigenvalue weighted by atomic mass is 10.2. The third-order valence-corrected chi connectivity index (χ3v) is 3.24. The van der Waals surface area contributed by atoms with Crippen molar-refractivity contribution < 1.29 is 28.5 Å². The normalized spacial score (nSPS) is 10.1. The minimum atomic E-state index is 0. The Hall–Kier alpha value is -1.82. The highest BCUT2D eigenvalue weighted by molar-refractivity contribution is 5.63. The zero-order valence-corrected chi connectivity index (χ0v) is 13.4. The average molecular weight is 377 g/mol. The Kier molecular flexibility index (Phi) is 4.44. The van der Waals surface area contributed by atoms with E-state index in [2.05, 4.69) is 35.0 Å². The summed E-state index contributed by atoms with van der Waals surface area (Å²) in [6, 6.07) is 20.3. The summed E-state index contributed by atoms with van der Waals surface area (Å²) < 4.78 is 3.79. The fraction of sp³-hybridized carbons (Fsp3) is 0.0625. The van der Waals surface area contributed by atoms with Gasteiger partial charge >= 0.3 is 5.82 Å². The predicted molar refractivity (Wildman–Crippen MR) is 76.6 cm³/mol. The van der Waals surface area contributed by atoms with Crippen molar-refractivity contribution in [1.29, 1.82) is 0 Å². The Labute approximate surface area is 135 Å². The van der Waals surface area contributed by atoms with Gasteiger partial charge in [0.2, 0.25) is 0 Å². The number of aromatic nitrogens is 2. The lowest BCUT2D eigenvalue weighted by Crippen LogP contribution is -3.00. The van der Waals surface area contributed by atoms with Crippen LogP contribution in [0.4, 0.5) is 0 Å². The molecule has 0 amide bonds. The minimum Gasteiger partial charge on any atom is -1.00 e. The zero-order valence-electron chi connectivity index (χ0n) is 11.2. The molecule has 4 heteroatoms. The third-order valence-electron chi connectivity index (χ3n) is 3.24. The van der Waals surface area contributed by atoms with Crippen molar-refractivity contribution in [1.82, 2.24) is 4.68 Å². The van der Waals surface area contributed by atoms with Gasteiger partial charge in [-0.05, 0) is 12.1 Å². The molecule has 0 aliphatic heterocycles. The Balaban J connectivity index is 0.00000147. The molecule has 3 aromatic rings. The summed E-state index contributed by atoms with van der Waals surface area (Å²) in [5.74, 6) is 7.25. The Morgan fingerprint density at radius 2 is 1.35 bits per heavy atom. The van der Waals surface area contributed by atoms with Crippen molar-refractivity contribution in [2.75, 3.05) is 5.84 Å². The Morgan fingerprint density at radius 3 is 1.90 bits per heavy atom. The molecule has 3 nitrogen and oxygen atoms in total. The van der Waals surface area contributed by atoms with Crippen LogP contribution in [0.2, 0.25) is 0 Å². The van der Waals surface area contributed by atoms with Gasteiger partial charge in [0.05, 0.1) is 12.6 Å². The summed E-state index contributed by atoms with van der Waals surface area (Å²) in [6.45, 7) is 0. The maximum atomic E-state index is 6.26. The molecule has 0 unspecified atom stereocenters. The van der Waals surface area contributed by atoms with E-state index in [1.807, 2.05) is 43.4 Å². The molecule has 102 valence electrons. The highest BCUT2D eigenvalue weighted by Crippen LogP contribution is 2.22. The van der Waals surface area contributed by atoms with Crippen LogP contribution in [-0.4, -0.2) is 4.68 Å². The number of nitrogens with zero attached hydrogens (tertiary/aromatic N) is 2. The van der Waals surface area contributed by atoms with Gasteiger partial charge in [0, 0.05) is 5.56 Å².